The van der Waals surface area contributed by atoms with Gasteiger partial charge < -0.3 is 10.4 Å². The number of anilines is 1. The highest BCUT2D eigenvalue weighted by molar-refractivity contribution is 9.10. The lowest BCUT2D eigenvalue weighted by molar-refractivity contribution is -0.0556. The molecule has 2 aromatic heterocycles. The monoisotopic (exact) mass is 475 g/mol. The maximum Gasteiger partial charge on any atom is 0.295 e. The van der Waals surface area contributed by atoms with E-state index in [9.17, 15) is 8.78 Å². The largest absolute Gasteiger partial charge is 0.390 e. The molecule has 4 rings (SSSR count). The molecule has 0 saturated carbocycles. The fourth-order valence-corrected chi connectivity index (χ4v) is 4.24. The predicted molar refractivity (Wildman–Crippen MR) is 116 cm³/mol. The van der Waals surface area contributed by atoms with E-state index >= 15 is 0 Å². The summed E-state index contributed by atoms with van der Waals surface area (Å²) in [6.45, 7) is 2.45. The molecule has 0 spiro atoms. The van der Waals surface area contributed by atoms with Gasteiger partial charge in [0.15, 0.2) is 0 Å². The van der Waals surface area contributed by atoms with Crippen molar-refractivity contribution in [3.8, 4) is 0 Å². The van der Waals surface area contributed by atoms with Crippen LogP contribution in [-0.2, 0) is 13.0 Å². The Labute approximate surface area is 180 Å². The lowest BCUT2D eigenvalue weighted by Gasteiger charge is -2.20. The van der Waals surface area contributed by atoms with Gasteiger partial charge in [-0.1, -0.05) is 18.2 Å². The van der Waals surface area contributed by atoms with Gasteiger partial charge in [0.2, 0.25) is 0 Å². The number of nitrogens with one attached hydrogen (secondary N) is 1. The third-order valence-electron chi connectivity index (χ3n) is 5.11. The molecule has 30 heavy (non-hydrogen) atoms. The minimum absolute atomic E-state index is 0.223. The molecule has 0 unspecified atom stereocenters. The number of hydrogen-bond donors (Lipinski definition) is 2. The van der Waals surface area contributed by atoms with Crippen LogP contribution in [0.5, 0.6) is 0 Å². The standard InChI is InChI=1S/C21H20BrF2N5O/c1-11(13-5-4-6-14(7-13)21(23,24)10-30)26-20-15-8-17(22)19-16(9-25-29(19)3)18(15)27-12(2)28-20/h4-9,11,30H,10H2,1-3H3,(H,26,27,28)/t11-/m1/s1. The van der Waals surface area contributed by atoms with Crippen molar-refractivity contribution in [1.29, 1.82) is 0 Å². The molecule has 2 N–H and O–H groups in total. The topological polar surface area (TPSA) is 75.9 Å². The number of aliphatic hydroxyl groups excluding tert-OH is 1. The first-order valence-corrected chi connectivity index (χ1v) is 10.1. The van der Waals surface area contributed by atoms with E-state index in [1.165, 1.54) is 12.1 Å². The van der Waals surface area contributed by atoms with E-state index in [1.807, 2.05) is 27.0 Å². The lowest BCUT2D eigenvalue weighted by Crippen LogP contribution is -2.19. The van der Waals surface area contributed by atoms with Crippen molar-refractivity contribution in [3.63, 3.8) is 0 Å². The normalized spacial score (nSPS) is 13.2. The lowest BCUT2D eigenvalue weighted by atomic mass is 10.0. The van der Waals surface area contributed by atoms with Crippen molar-refractivity contribution in [2.45, 2.75) is 25.8 Å². The van der Waals surface area contributed by atoms with Crippen LogP contribution < -0.4 is 5.32 Å². The molecule has 2 heterocycles. The molecule has 0 saturated heterocycles. The van der Waals surface area contributed by atoms with Crippen molar-refractivity contribution in [2.24, 2.45) is 7.05 Å². The average Bonchev–Trinajstić information content (AvgIpc) is 3.11. The summed E-state index contributed by atoms with van der Waals surface area (Å²) >= 11 is 3.60. The fourth-order valence-electron chi connectivity index (χ4n) is 3.54. The molecular formula is C21H20BrF2N5O. The van der Waals surface area contributed by atoms with Crippen LogP contribution in [0.3, 0.4) is 0 Å². The molecule has 4 aromatic rings. The molecular weight excluding hydrogens is 456 g/mol. The number of alkyl halides is 2. The number of aliphatic hydroxyl groups is 1. The number of halogens is 3. The Kier molecular flexibility index (Phi) is 5.19. The van der Waals surface area contributed by atoms with Gasteiger partial charge in [-0.05, 0) is 47.5 Å². The third-order valence-corrected chi connectivity index (χ3v) is 5.71. The van der Waals surface area contributed by atoms with E-state index in [2.05, 4.69) is 36.3 Å². The van der Waals surface area contributed by atoms with Crippen LogP contribution in [0.15, 0.2) is 41.0 Å². The van der Waals surface area contributed by atoms with E-state index in [-0.39, 0.29) is 11.6 Å². The van der Waals surface area contributed by atoms with Gasteiger partial charge in [-0.25, -0.2) is 9.97 Å². The Morgan fingerprint density at radius 3 is 2.73 bits per heavy atom. The van der Waals surface area contributed by atoms with E-state index in [4.69, 9.17) is 5.11 Å². The quantitative estimate of drug-likeness (QED) is 0.431. The molecule has 0 amide bonds. The molecule has 0 radical (unpaired) electrons. The second kappa shape index (κ2) is 7.55. The molecule has 0 aliphatic rings. The molecule has 9 heteroatoms. The van der Waals surface area contributed by atoms with Crippen LogP contribution in [0.2, 0.25) is 0 Å². The maximum absolute atomic E-state index is 13.9. The number of benzene rings is 2. The van der Waals surface area contributed by atoms with Crippen LogP contribution in [0.4, 0.5) is 14.6 Å². The Bertz CT molecular complexity index is 1260. The van der Waals surface area contributed by atoms with Crippen molar-refractivity contribution in [3.05, 3.63) is 58.0 Å². The molecule has 0 bridgehead atoms. The second-order valence-corrected chi connectivity index (χ2v) is 8.11. The van der Waals surface area contributed by atoms with Crippen molar-refractivity contribution < 1.29 is 13.9 Å². The Morgan fingerprint density at radius 1 is 1.23 bits per heavy atom. The zero-order valence-electron chi connectivity index (χ0n) is 16.6. The highest BCUT2D eigenvalue weighted by atomic mass is 79.9. The number of hydrogen-bond acceptors (Lipinski definition) is 5. The number of nitrogens with zero attached hydrogens (tertiary/aromatic N) is 4. The first-order chi connectivity index (χ1) is 14.2. The van der Waals surface area contributed by atoms with Crippen LogP contribution >= 0.6 is 15.9 Å². The molecule has 1 atom stereocenters. The molecule has 0 aliphatic carbocycles. The van der Waals surface area contributed by atoms with Gasteiger partial charge in [-0.2, -0.15) is 13.9 Å². The summed E-state index contributed by atoms with van der Waals surface area (Å²) in [5.41, 5.74) is 2.13. The van der Waals surface area contributed by atoms with E-state index in [0.717, 1.165) is 26.3 Å². The van der Waals surface area contributed by atoms with Crippen LogP contribution in [0, 0.1) is 6.92 Å². The van der Waals surface area contributed by atoms with Gasteiger partial charge in [0.25, 0.3) is 5.92 Å². The Hall–Kier alpha value is -2.65. The number of rotatable bonds is 5. The van der Waals surface area contributed by atoms with E-state index < -0.39 is 12.5 Å². The van der Waals surface area contributed by atoms with E-state index in [0.29, 0.717) is 17.2 Å². The van der Waals surface area contributed by atoms with Gasteiger partial charge in [0, 0.05) is 33.9 Å². The highest BCUT2D eigenvalue weighted by Gasteiger charge is 2.30. The molecule has 156 valence electrons. The van der Waals surface area contributed by atoms with Gasteiger partial charge in [-0.15, -0.1) is 0 Å². The highest BCUT2D eigenvalue weighted by Crippen LogP contribution is 2.35. The number of aryl methyl sites for hydroxylation is 2. The first-order valence-electron chi connectivity index (χ1n) is 9.35. The molecule has 6 nitrogen and oxygen atoms in total. The number of aromatic nitrogens is 4. The number of fused-ring (bicyclic) bond motifs is 3. The zero-order chi connectivity index (χ0) is 21.6. The maximum atomic E-state index is 13.9. The summed E-state index contributed by atoms with van der Waals surface area (Å²) in [5, 5.41) is 18.3. The fraction of sp³-hybridized carbons (Fsp3) is 0.286. The summed E-state index contributed by atoms with van der Waals surface area (Å²) in [4.78, 5) is 9.15. The molecule has 0 aliphatic heterocycles. The van der Waals surface area contributed by atoms with Gasteiger partial charge in [0.1, 0.15) is 18.2 Å². The van der Waals surface area contributed by atoms with Crippen molar-refractivity contribution >= 4 is 43.6 Å². The summed E-state index contributed by atoms with van der Waals surface area (Å²) in [6.07, 6.45) is 1.77. The summed E-state index contributed by atoms with van der Waals surface area (Å²) in [6, 6.07) is 7.67. The Balaban J connectivity index is 1.78. The SMILES string of the molecule is Cc1nc(N[C@H](C)c2cccc(C(F)(F)CO)c2)c2cc(Br)c3c(cnn3C)c2n1. The van der Waals surface area contributed by atoms with Gasteiger partial charge >= 0.3 is 0 Å². The van der Waals surface area contributed by atoms with Crippen molar-refractivity contribution in [1.82, 2.24) is 19.7 Å². The first kappa shape index (κ1) is 20.6. The van der Waals surface area contributed by atoms with Crippen LogP contribution in [-0.4, -0.2) is 31.5 Å². The Morgan fingerprint density at radius 2 is 2.00 bits per heavy atom. The summed E-state index contributed by atoms with van der Waals surface area (Å²) < 4.78 is 30.5. The minimum Gasteiger partial charge on any atom is -0.390 e. The second-order valence-electron chi connectivity index (χ2n) is 7.26. The van der Waals surface area contributed by atoms with E-state index in [1.54, 1.807) is 23.0 Å². The molecule has 2 aromatic carbocycles. The van der Waals surface area contributed by atoms with Crippen LogP contribution in [0.1, 0.15) is 29.9 Å². The van der Waals surface area contributed by atoms with Gasteiger partial charge in [0.05, 0.1) is 17.2 Å². The average molecular weight is 476 g/mol. The summed E-state index contributed by atoms with van der Waals surface area (Å²) in [7, 11) is 1.86. The van der Waals surface area contributed by atoms with Gasteiger partial charge in [-0.3, -0.25) is 4.68 Å². The van der Waals surface area contributed by atoms with Crippen molar-refractivity contribution in [2.75, 3.05) is 11.9 Å². The predicted octanol–water partition coefficient (Wildman–Crippen LogP) is 4.84. The molecule has 0 fully saturated rings. The zero-order valence-corrected chi connectivity index (χ0v) is 18.2. The van der Waals surface area contributed by atoms with Crippen LogP contribution in [0.25, 0.3) is 21.8 Å². The smallest absolute Gasteiger partial charge is 0.295 e. The third kappa shape index (κ3) is 3.52. The summed E-state index contributed by atoms with van der Waals surface area (Å²) in [5.74, 6) is -2.09. The minimum atomic E-state index is -3.29.